The summed E-state index contributed by atoms with van der Waals surface area (Å²) in [6, 6.07) is 9.40. The van der Waals surface area contributed by atoms with Gasteiger partial charge in [0.2, 0.25) is 0 Å². The molecule has 8 heteroatoms. The third-order valence-electron chi connectivity index (χ3n) is 7.14. The van der Waals surface area contributed by atoms with Gasteiger partial charge in [-0.15, -0.1) is 0 Å². The Morgan fingerprint density at radius 3 is 2.62 bits per heavy atom. The minimum atomic E-state index is -0.993. The normalized spacial score (nSPS) is 24.6. The van der Waals surface area contributed by atoms with Crippen molar-refractivity contribution in [3.63, 3.8) is 0 Å². The molecule has 4 rings (SSSR count). The monoisotopic (exact) mass is 473 g/mol. The number of anilines is 1. The molecule has 1 saturated carbocycles. The number of hydrogen-bond acceptors (Lipinski definition) is 4. The van der Waals surface area contributed by atoms with Crippen LogP contribution in [0.4, 0.5) is 19.3 Å². The first kappa shape index (κ1) is 24.3. The van der Waals surface area contributed by atoms with Crippen molar-refractivity contribution in [1.82, 2.24) is 10.2 Å². The second-order valence-electron chi connectivity index (χ2n) is 9.63. The summed E-state index contributed by atoms with van der Waals surface area (Å²) < 4.78 is 38.1. The van der Waals surface area contributed by atoms with Crippen molar-refractivity contribution in [2.75, 3.05) is 26.0 Å². The number of benzene rings is 2. The number of carbonyl (C=O) groups is 1. The SMILES string of the molecule is COc1cc(C23CCC(NC(=O)Nc4ccc(F)c(F)c4)CC2N(C)CC3)ccc1OC(C)C. The van der Waals surface area contributed by atoms with Crippen molar-refractivity contribution < 1.29 is 23.0 Å². The van der Waals surface area contributed by atoms with Gasteiger partial charge in [-0.3, -0.25) is 0 Å². The van der Waals surface area contributed by atoms with Crippen LogP contribution in [0.3, 0.4) is 0 Å². The summed E-state index contributed by atoms with van der Waals surface area (Å²) in [5.41, 5.74) is 1.43. The van der Waals surface area contributed by atoms with Crippen molar-refractivity contribution in [2.24, 2.45) is 0 Å². The van der Waals surface area contributed by atoms with E-state index in [1.54, 1.807) is 7.11 Å². The first-order chi connectivity index (χ1) is 16.2. The molecule has 1 saturated heterocycles. The molecule has 0 aromatic heterocycles. The van der Waals surface area contributed by atoms with E-state index in [0.29, 0.717) is 0 Å². The maximum absolute atomic E-state index is 13.5. The fourth-order valence-electron chi connectivity index (χ4n) is 5.50. The Hall–Kier alpha value is -2.87. The number of halogens is 2. The molecule has 2 N–H and O–H groups in total. The van der Waals surface area contributed by atoms with Gasteiger partial charge >= 0.3 is 6.03 Å². The van der Waals surface area contributed by atoms with Crippen LogP contribution in [0.15, 0.2) is 36.4 Å². The highest BCUT2D eigenvalue weighted by atomic mass is 19.2. The number of ether oxygens (including phenoxy) is 2. The number of urea groups is 1. The molecule has 3 atom stereocenters. The Morgan fingerprint density at radius 1 is 1.12 bits per heavy atom. The lowest BCUT2D eigenvalue weighted by Crippen LogP contribution is -2.52. The van der Waals surface area contributed by atoms with E-state index < -0.39 is 17.7 Å². The molecule has 3 unspecified atom stereocenters. The summed E-state index contributed by atoms with van der Waals surface area (Å²) in [4.78, 5) is 14.9. The summed E-state index contributed by atoms with van der Waals surface area (Å²) in [6.07, 6.45) is 3.64. The molecule has 1 heterocycles. The number of nitrogens with one attached hydrogen (secondary N) is 2. The van der Waals surface area contributed by atoms with Gasteiger partial charge in [-0.25, -0.2) is 13.6 Å². The summed E-state index contributed by atoms with van der Waals surface area (Å²) in [6.45, 7) is 4.96. The highest BCUT2D eigenvalue weighted by Crippen LogP contribution is 2.50. The van der Waals surface area contributed by atoms with Crippen molar-refractivity contribution >= 4 is 11.7 Å². The van der Waals surface area contributed by atoms with Gasteiger partial charge in [-0.1, -0.05) is 6.07 Å². The van der Waals surface area contributed by atoms with Crippen LogP contribution < -0.4 is 20.1 Å². The zero-order valence-corrected chi connectivity index (χ0v) is 20.2. The van der Waals surface area contributed by atoms with Crippen molar-refractivity contribution in [2.45, 2.75) is 63.1 Å². The van der Waals surface area contributed by atoms with E-state index in [4.69, 9.17) is 9.47 Å². The molecular weight excluding hydrogens is 440 g/mol. The molecule has 2 aromatic rings. The largest absolute Gasteiger partial charge is 0.493 e. The standard InChI is InChI=1S/C26H33F2N3O3/c1-16(2)34-22-8-5-17(13-23(22)33-4)26-10-9-19(15-24(26)31(3)12-11-26)30-25(32)29-18-6-7-20(27)21(28)14-18/h5-8,13-14,16,19,24H,9-12,15H2,1-4H3,(H2,29,30,32). The van der Waals surface area contributed by atoms with Gasteiger partial charge in [-0.2, -0.15) is 0 Å². The van der Waals surface area contributed by atoms with E-state index in [1.807, 2.05) is 19.9 Å². The molecule has 34 heavy (non-hydrogen) atoms. The molecule has 0 spiro atoms. The fraction of sp³-hybridized carbons (Fsp3) is 0.500. The molecule has 2 amide bonds. The molecule has 2 aromatic carbocycles. The van der Waals surface area contributed by atoms with E-state index in [9.17, 15) is 13.6 Å². The minimum Gasteiger partial charge on any atom is -0.493 e. The lowest BCUT2D eigenvalue weighted by molar-refractivity contribution is 0.155. The molecule has 1 aliphatic heterocycles. The van der Waals surface area contributed by atoms with Crippen LogP contribution in [0.2, 0.25) is 0 Å². The van der Waals surface area contributed by atoms with Crippen LogP contribution in [0.25, 0.3) is 0 Å². The molecule has 0 bridgehead atoms. The van der Waals surface area contributed by atoms with Crippen LogP contribution in [-0.2, 0) is 5.41 Å². The number of likely N-dealkylation sites (N-methyl/N-ethyl adjacent to an activating group) is 1. The van der Waals surface area contributed by atoms with Crippen molar-refractivity contribution in [3.8, 4) is 11.5 Å². The zero-order chi connectivity index (χ0) is 24.5. The predicted octanol–water partition coefficient (Wildman–Crippen LogP) is 5.08. The van der Waals surface area contributed by atoms with Gasteiger partial charge in [0, 0.05) is 29.3 Å². The molecule has 1 aliphatic carbocycles. The summed E-state index contributed by atoms with van der Waals surface area (Å²) in [5, 5.41) is 5.62. The van der Waals surface area contributed by atoms with Crippen molar-refractivity contribution in [3.05, 3.63) is 53.6 Å². The third kappa shape index (κ3) is 4.82. The third-order valence-corrected chi connectivity index (χ3v) is 7.14. The summed E-state index contributed by atoms with van der Waals surface area (Å²) in [7, 11) is 3.79. The number of fused-ring (bicyclic) bond motifs is 1. The Kier molecular flexibility index (Phi) is 6.98. The van der Waals surface area contributed by atoms with E-state index in [0.717, 1.165) is 55.9 Å². The Morgan fingerprint density at radius 2 is 1.91 bits per heavy atom. The average Bonchev–Trinajstić information content (AvgIpc) is 3.13. The summed E-state index contributed by atoms with van der Waals surface area (Å²) >= 11 is 0. The summed E-state index contributed by atoms with van der Waals surface area (Å²) in [5.74, 6) is -0.461. The maximum Gasteiger partial charge on any atom is 0.319 e. The highest BCUT2D eigenvalue weighted by molar-refractivity contribution is 5.89. The number of hydrogen-bond donors (Lipinski definition) is 2. The lowest BCUT2D eigenvalue weighted by atomic mass is 9.65. The van der Waals surface area contributed by atoms with E-state index >= 15 is 0 Å². The molecule has 184 valence electrons. The first-order valence-corrected chi connectivity index (χ1v) is 11.8. The number of carbonyl (C=O) groups excluding carboxylic acids is 1. The van der Waals surface area contributed by atoms with E-state index in [1.165, 1.54) is 11.6 Å². The highest BCUT2D eigenvalue weighted by Gasteiger charge is 2.50. The van der Waals surface area contributed by atoms with Gasteiger partial charge in [0.15, 0.2) is 23.1 Å². The molecule has 2 fully saturated rings. The zero-order valence-electron chi connectivity index (χ0n) is 20.2. The van der Waals surface area contributed by atoms with E-state index in [2.05, 4.69) is 34.7 Å². The number of likely N-dealkylation sites (tertiary alicyclic amines) is 1. The first-order valence-electron chi connectivity index (χ1n) is 11.8. The number of methoxy groups -OCH3 is 1. The van der Waals surface area contributed by atoms with Crippen LogP contribution in [0, 0.1) is 11.6 Å². The van der Waals surface area contributed by atoms with Crippen LogP contribution in [0.5, 0.6) is 11.5 Å². The van der Waals surface area contributed by atoms with Gasteiger partial charge in [-0.05, 0) is 83.0 Å². The predicted molar refractivity (Wildman–Crippen MR) is 128 cm³/mol. The number of rotatable bonds is 6. The maximum atomic E-state index is 13.5. The quantitative estimate of drug-likeness (QED) is 0.615. The number of nitrogens with zero attached hydrogens (tertiary/aromatic N) is 1. The smallest absolute Gasteiger partial charge is 0.319 e. The van der Waals surface area contributed by atoms with Crippen LogP contribution >= 0.6 is 0 Å². The van der Waals surface area contributed by atoms with Gasteiger partial charge < -0.3 is 25.0 Å². The Balaban J connectivity index is 1.47. The van der Waals surface area contributed by atoms with Gasteiger partial charge in [0.05, 0.1) is 13.2 Å². The van der Waals surface area contributed by atoms with Gasteiger partial charge in [0.25, 0.3) is 0 Å². The van der Waals surface area contributed by atoms with Crippen LogP contribution in [0.1, 0.15) is 45.1 Å². The fourth-order valence-corrected chi connectivity index (χ4v) is 5.50. The van der Waals surface area contributed by atoms with Gasteiger partial charge in [0.1, 0.15) is 0 Å². The second-order valence-corrected chi connectivity index (χ2v) is 9.63. The number of amides is 2. The van der Waals surface area contributed by atoms with Crippen LogP contribution in [-0.4, -0.2) is 49.8 Å². The minimum absolute atomic E-state index is 0.0191. The topological polar surface area (TPSA) is 62.8 Å². The second kappa shape index (κ2) is 9.78. The molecular formula is C26H33F2N3O3. The Bertz CT molecular complexity index is 1050. The average molecular weight is 474 g/mol. The molecule has 6 nitrogen and oxygen atoms in total. The molecule has 0 radical (unpaired) electrons. The Labute approximate surface area is 199 Å². The van der Waals surface area contributed by atoms with E-state index in [-0.39, 0.29) is 29.3 Å². The molecule has 2 aliphatic rings. The lowest BCUT2D eigenvalue weighted by Gasteiger charge is -2.45. The van der Waals surface area contributed by atoms with Crippen molar-refractivity contribution in [1.29, 1.82) is 0 Å².